The van der Waals surface area contributed by atoms with E-state index >= 15 is 0 Å². The third kappa shape index (κ3) is 4.07. The highest BCUT2D eigenvalue weighted by Gasteiger charge is 2.24. The molecular formula is C18H30N2. The molecule has 0 aliphatic carbocycles. The van der Waals surface area contributed by atoms with Crippen molar-refractivity contribution in [2.45, 2.75) is 52.6 Å². The largest absolute Gasteiger partial charge is 0.307 e. The molecule has 2 nitrogen and oxygen atoms in total. The number of piperidine rings is 1. The van der Waals surface area contributed by atoms with Gasteiger partial charge in [-0.05, 0) is 58.2 Å². The van der Waals surface area contributed by atoms with E-state index < -0.39 is 0 Å². The third-order valence-electron chi connectivity index (χ3n) is 4.79. The number of nitrogens with zero attached hydrogens (tertiary/aromatic N) is 1. The monoisotopic (exact) mass is 274 g/mol. The molecule has 0 radical (unpaired) electrons. The first-order valence-corrected chi connectivity index (χ1v) is 8.15. The van der Waals surface area contributed by atoms with Crippen molar-refractivity contribution in [1.82, 2.24) is 10.2 Å². The van der Waals surface area contributed by atoms with E-state index in [1.807, 2.05) is 0 Å². The zero-order valence-corrected chi connectivity index (χ0v) is 13.5. The van der Waals surface area contributed by atoms with Crippen LogP contribution in [0.5, 0.6) is 0 Å². The first kappa shape index (κ1) is 15.5. The van der Waals surface area contributed by atoms with Gasteiger partial charge in [0.25, 0.3) is 0 Å². The standard InChI is InChI=1S/C18H30N2/c1-5-20-12-6-7-18(13-20)16(4)19-15(3)17-10-8-14(2)9-11-17/h8-11,15-16,18-19H,5-7,12-13H2,1-4H3/t15-,16?,18?/m0/s1. The highest BCUT2D eigenvalue weighted by Crippen LogP contribution is 2.22. The molecule has 20 heavy (non-hydrogen) atoms. The van der Waals surface area contributed by atoms with Crippen LogP contribution in [0.4, 0.5) is 0 Å². The highest BCUT2D eigenvalue weighted by atomic mass is 15.1. The number of benzene rings is 1. The van der Waals surface area contributed by atoms with Crippen LogP contribution in [0.1, 0.15) is 50.8 Å². The summed E-state index contributed by atoms with van der Waals surface area (Å²) in [4.78, 5) is 2.59. The van der Waals surface area contributed by atoms with Gasteiger partial charge in [-0.3, -0.25) is 0 Å². The maximum Gasteiger partial charge on any atom is 0.0294 e. The Bertz CT molecular complexity index is 398. The van der Waals surface area contributed by atoms with Crippen LogP contribution >= 0.6 is 0 Å². The summed E-state index contributed by atoms with van der Waals surface area (Å²) in [5.41, 5.74) is 2.73. The van der Waals surface area contributed by atoms with Crippen molar-refractivity contribution < 1.29 is 0 Å². The van der Waals surface area contributed by atoms with Crippen molar-refractivity contribution in [2.24, 2.45) is 5.92 Å². The minimum absolute atomic E-state index is 0.433. The second kappa shape index (κ2) is 7.24. The molecular weight excluding hydrogens is 244 g/mol. The van der Waals surface area contributed by atoms with Crippen molar-refractivity contribution in [1.29, 1.82) is 0 Å². The predicted molar refractivity (Wildman–Crippen MR) is 87.0 cm³/mol. The van der Waals surface area contributed by atoms with Gasteiger partial charge in [0.15, 0.2) is 0 Å². The number of likely N-dealkylation sites (tertiary alicyclic amines) is 1. The normalized spacial score (nSPS) is 23.5. The van der Waals surface area contributed by atoms with Crippen molar-refractivity contribution in [2.75, 3.05) is 19.6 Å². The summed E-state index contributed by atoms with van der Waals surface area (Å²) in [5, 5.41) is 3.80. The van der Waals surface area contributed by atoms with Crippen molar-refractivity contribution in [3.8, 4) is 0 Å². The Labute approximate surface area is 124 Å². The molecule has 1 aromatic rings. The molecule has 0 bridgehead atoms. The Hall–Kier alpha value is -0.860. The Balaban J connectivity index is 1.89. The molecule has 1 aromatic carbocycles. The van der Waals surface area contributed by atoms with Gasteiger partial charge in [0.1, 0.15) is 0 Å². The number of nitrogens with one attached hydrogen (secondary N) is 1. The lowest BCUT2D eigenvalue weighted by atomic mass is 9.90. The summed E-state index contributed by atoms with van der Waals surface area (Å²) in [6.07, 6.45) is 2.72. The van der Waals surface area contributed by atoms with E-state index in [0.717, 1.165) is 5.92 Å². The molecule has 1 N–H and O–H groups in total. The van der Waals surface area contributed by atoms with E-state index in [1.54, 1.807) is 0 Å². The van der Waals surface area contributed by atoms with Crippen LogP contribution < -0.4 is 5.32 Å². The fourth-order valence-corrected chi connectivity index (χ4v) is 3.27. The Morgan fingerprint density at radius 1 is 1.25 bits per heavy atom. The highest BCUT2D eigenvalue weighted by molar-refractivity contribution is 5.23. The van der Waals surface area contributed by atoms with E-state index in [2.05, 4.69) is 62.2 Å². The summed E-state index contributed by atoms with van der Waals surface area (Å²) < 4.78 is 0. The number of aryl methyl sites for hydroxylation is 1. The van der Waals surface area contributed by atoms with Gasteiger partial charge in [-0.1, -0.05) is 36.8 Å². The minimum Gasteiger partial charge on any atom is -0.307 e. The van der Waals surface area contributed by atoms with Crippen molar-refractivity contribution in [3.05, 3.63) is 35.4 Å². The maximum absolute atomic E-state index is 3.80. The van der Waals surface area contributed by atoms with E-state index in [4.69, 9.17) is 0 Å². The zero-order chi connectivity index (χ0) is 14.5. The van der Waals surface area contributed by atoms with Crippen LogP contribution in [0.25, 0.3) is 0 Å². The number of hydrogen-bond acceptors (Lipinski definition) is 2. The molecule has 2 heteroatoms. The first-order valence-electron chi connectivity index (χ1n) is 8.15. The third-order valence-corrected chi connectivity index (χ3v) is 4.79. The van der Waals surface area contributed by atoms with Gasteiger partial charge in [0, 0.05) is 18.6 Å². The molecule has 2 unspecified atom stereocenters. The van der Waals surface area contributed by atoms with Crippen LogP contribution in [-0.4, -0.2) is 30.6 Å². The van der Waals surface area contributed by atoms with Crippen LogP contribution in [0.2, 0.25) is 0 Å². The van der Waals surface area contributed by atoms with E-state index in [1.165, 1.54) is 43.6 Å². The molecule has 1 fully saturated rings. The van der Waals surface area contributed by atoms with E-state index in [0.29, 0.717) is 12.1 Å². The van der Waals surface area contributed by atoms with Gasteiger partial charge >= 0.3 is 0 Å². The average molecular weight is 274 g/mol. The number of hydrogen-bond donors (Lipinski definition) is 1. The molecule has 0 saturated carbocycles. The molecule has 1 aliphatic rings. The molecule has 0 spiro atoms. The van der Waals surface area contributed by atoms with Gasteiger partial charge in [-0.25, -0.2) is 0 Å². The molecule has 0 amide bonds. The molecule has 112 valence electrons. The van der Waals surface area contributed by atoms with Gasteiger partial charge in [-0.15, -0.1) is 0 Å². The average Bonchev–Trinajstić information content (AvgIpc) is 2.47. The first-order chi connectivity index (χ1) is 9.60. The van der Waals surface area contributed by atoms with Gasteiger partial charge in [0.05, 0.1) is 0 Å². The van der Waals surface area contributed by atoms with Gasteiger partial charge < -0.3 is 10.2 Å². The van der Waals surface area contributed by atoms with Crippen LogP contribution in [-0.2, 0) is 0 Å². The van der Waals surface area contributed by atoms with Gasteiger partial charge in [-0.2, -0.15) is 0 Å². The molecule has 2 rings (SSSR count). The van der Waals surface area contributed by atoms with Crippen LogP contribution in [0, 0.1) is 12.8 Å². The van der Waals surface area contributed by atoms with E-state index in [-0.39, 0.29) is 0 Å². The van der Waals surface area contributed by atoms with Crippen LogP contribution in [0.15, 0.2) is 24.3 Å². The summed E-state index contributed by atoms with van der Waals surface area (Å²) in [5.74, 6) is 0.789. The minimum atomic E-state index is 0.433. The molecule has 1 aliphatic heterocycles. The zero-order valence-electron chi connectivity index (χ0n) is 13.5. The lowest BCUT2D eigenvalue weighted by molar-refractivity contribution is 0.153. The topological polar surface area (TPSA) is 15.3 Å². The Morgan fingerprint density at radius 2 is 1.95 bits per heavy atom. The fraction of sp³-hybridized carbons (Fsp3) is 0.667. The molecule has 1 heterocycles. The second-order valence-corrected chi connectivity index (χ2v) is 6.38. The summed E-state index contributed by atoms with van der Waals surface area (Å²) in [6.45, 7) is 12.8. The molecule has 1 saturated heterocycles. The maximum atomic E-state index is 3.80. The molecule has 0 aromatic heterocycles. The fourth-order valence-electron chi connectivity index (χ4n) is 3.27. The van der Waals surface area contributed by atoms with Crippen molar-refractivity contribution >= 4 is 0 Å². The summed E-state index contributed by atoms with van der Waals surface area (Å²) in [6, 6.07) is 9.93. The Kier molecular flexibility index (Phi) is 5.62. The lowest BCUT2D eigenvalue weighted by Gasteiger charge is -2.36. The summed E-state index contributed by atoms with van der Waals surface area (Å²) >= 11 is 0. The van der Waals surface area contributed by atoms with E-state index in [9.17, 15) is 0 Å². The lowest BCUT2D eigenvalue weighted by Crippen LogP contribution is -2.44. The van der Waals surface area contributed by atoms with Crippen molar-refractivity contribution in [3.63, 3.8) is 0 Å². The Morgan fingerprint density at radius 3 is 2.60 bits per heavy atom. The van der Waals surface area contributed by atoms with Crippen LogP contribution in [0.3, 0.4) is 0 Å². The molecule has 3 atom stereocenters. The number of rotatable bonds is 5. The second-order valence-electron chi connectivity index (χ2n) is 6.38. The predicted octanol–water partition coefficient (Wildman–Crippen LogP) is 3.77. The SMILES string of the molecule is CCN1CCCC(C(C)N[C@@H](C)c2ccc(C)cc2)C1. The quantitative estimate of drug-likeness (QED) is 0.879. The summed E-state index contributed by atoms with van der Waals surface area (Å²) in [7, 11) is 0. The van der Waals surface area contributed by atoms with Gasteiger partial charge in [0.2, 0.25) is 0 Å². The smallest absolute Gasteiger partial charge is 0.0294 e.